The van der Waals surface area contributed by atoms with Crippen molar-refractivity contribution in [3.8, 4) is 0 Å². The number of aryl methyl sites for hydroxylation is 1. The number of allylic oxidation sites excluding steroid dienone is 1. The first kappa shape index (κ1) is 17.7. The van der Waals surface area contributed by atoms with Crippen molar-refractivity contribution in [2.24, 2.45) is 11.8 Å². The summed E-state index contributed by atoms with van der Waals surface area (Å²) in [6.07, 6.45) is 2.11. The molecule has 1 N–H and O–H groups in total. The van der Waals surface area contributed by atoms with Crippen molar-refractivity contribution in [3.63, 3.8) is 0 Å². The van der Waals surface area contributed by atoms with Crippen molar-refractivity contribution >= 4 is 11.9 Å². The first-order valence-electron chi connectivity index (χ1n) is 8.52. The highest BCUT2D eigenvalue weighted by atomic mass is 16.6. The lowest BCUT2D eigenvalue weighted by atomic mass is 9.83. The largest absolute Gasteiger partial charge is 0.469 e. The highest BCUT2D eigenvalue weighted by molar-refractivity contribution is 5.87. The standard InChI is InChI=1S/C19H24O6/c1-6-9(2)17(20)24-13-7-19(5,22)12-8-23-11(4)15(12)16-14(13)10(3)18(21)25-16/h6,8,10,13-14,16,22H,7H2,1-5H3/b9-6-/t10-,13-,14+,16-,19-/m0/s1. The van der Waals surface area contributed by atoms with E-state index in [-0.39, 0.29) is 18.3 Å². The van der Waals surface area contributed by atoms with Gasteiger partial charge in [0.2, 0.25) is 0 Å². The van der Waals surface area contributed by atoms with Crippen molar-refractivity contribution in [2.45, 2.75) is 58.8 Å². The smallest absolute Gasteiger partial charge is 0.333 e. The molecule has 1 aromatic heterocycles. The van der Waals surface area contributed by atoms with Crippen molar-refractivity contribution in [1.82, 2.24) is 0 Å². The van der Waals surface area contributed by atoms with Gasteiger partial charge in [-0.15, -0.1) is 0 Å². The molecule has 1 aliphatic carbocycles. The maximum atomic E-state index is 12.3. The van der Waals surface area contributed by atoms with Crippen LogP contribution in [0.2, 0.25) is 0 Å². The van der Waals surface area contributed by atoms with Crippen LogP contribution in [0.3, 0.4) is 0 Å². The van der Waals surface area contributed by atoms with Gasteiger partial charge in [-0.3, -0.25) is 4.79 Å². The van der Waals surface area contributed by atoms with Gasteiger partial charge in [0.15, 0.2) is 0 Å². The van der Waals surface area contributed by atoms with E-state index in [2.05, 4.69) is 0 Å². The highest BCUT2D eigenvalue weighted by Crippen LogP contribution is 2.51. The van der Waals surface area contributed by atoms with Crippen LogP contribution in [0, 0.1) is 18.8 Å². The SMILES string of the molecule is C/C=C(/C)C(=O)O[C@H]1C[C@](C)(O)c2coc(C)c2[C@H]2OC(=O)[C@@H](C)[C@H]12. The predicted molar refractivity (Wildman–Crippen MR) is 88.4 cm³/mol. The van der Waals surface area contributed by atoms with Crippen molar-refractivity contribution < 1.29 is 28.6 Å². The average Bonchev–Trinajstić information content (AvgIpc) is 3.03. The summed E-state index contributed by atoms with van der Waals surface area (Å²) in [5.41, 5.74) is 0.506. The Morgan fingerprint density at radius 1 is 1.48 bits per heavy atom. The number of hydrogen-bond acceptors (Lipinski definition) is 6. The van der Waals surface area contributed by atoms with Gasteiger partial charge in [-0.25, -0.2) is 4.79 Å². The van der Waals surface area contributed by atoms with Gasteiger partial charge in [-0.1, -0.05) is 13.0 Å². The Balaban J connectivity index is 2.06. The summed E-state index contributed by atoms with van der Waals surface area (Å²) in [7, 11) is 0. The van der Waals surface area contributed by atoms with Gasteiger partial charge in [0.25, 0.3) is 0 Å². The molecule has 0 radical (unpaired) electrons. The molecule has 1 fully saturated rings. The molecule has 1 aromatic rings. The summed E-state index contributed by atoms with van der Waals surface area (Å²) in [6.45, 7) is 8.64. The van der Waals surface area contributed by atoms with E-state index < -0.39 is 29.7 Å². The summed E-state index contributed by atoms with van der Waals surface area (Å²) >= 11 is 0. The van der Waals surface area contributed by atoms with Crippen molar-refractivity contribution in [2.75, 3.05) is 0 Å². The maximum absolute atomic E-state index is 12.3. The fourth-order valence-electron chi connectivity index (χ4n) is 3.84. The molecule has 0 saturated carbocycles. The first-order chi connectivity index (χ1) is 11.7. The molecule has 0 unspecified atom stereocenters. The van der Waals surface area contributed by atoms with Crippen LogP contribution in [0.5, 0.6) is 0 Å². The fourth-order valence-corrected chi connectivity index (χ4v) is 3.84. The molecular formula is C19H24O6. The molecule has 0 bridgehead atoms. The third-order valence-corrected chi connectivity index (χ3v) is 5.47. The number of carbonyl (C=O) groups is 2. The third kappa shape index (κ3) is 2.78. The third-order valence-electron chi connectivity index (χ3n) is 5.47. The van der Waals surface area contributed by atoms with Gasteiger partial charge < -0.3 is 19.0 Å². The Labute approximate surface area is 146 Å². The highest BCUT2D eigenvalue weighted by Gasteiger charge is 2.55. The predicted octanol–water partition coefficient (Wildman–Crippen LogP) is 2.93. The van der Waals surface area contributed by atoms with E-state index in [1.165, 1.54) is 6.26 Å². The van der Waals surface area contributed by atoms with Gasteiger partial charge in [-0.2, -0.15) is 0 Å². The monoisotopic (exact) mass is 348 g/mol. The van der Waals surface area contributed by atoms with Crippen LogP contribution in [-0.2, 0) is 24.7 Å². The topological polar surface area (TPSA) is 86.0 Å². The lowest BCUT2D eigenvalue weighted by Gasteiger charge is -2.29. The van der Waals surface area contributed by atoms with Crippen LogP contribution < -0.4 is 0 Å². The minimum atomic E-state index is -1.25. The van der Waals surface area contributed by atoms with Crippen LogP contribution in [-0.4, -0.2) is 23.1 Å². The number of esters is 2. The average molecular weight is 348 g/mol. The number of rotatable bonds is 2. The zero-order chi connectivity index (χ0) is 18.5. The molecule has 0 aromatic carbocycles. The maximum Gasteiger partial charge on any atom is 0.333 e. The Morgan fingerprint density at radius 3 is 2.80 bits per heavy atom. The first-order valence-corrected chi connectivity index (χ1v) is 8.52. The second-order valence-electron chi connectivity index (χ2n) is 7.24. The van der Waals surface area contributed by atoms with E-state index in [0.717, 1.165) is 0 Å². The van der Waals surface area contributed by atoms with E-state index in [9.17, 15) is 14.7 Å². The normalized spacial score (nSPS) is 34.8. The van der Waals surface area contributed by atoms with E-state index >= 15 is 0 Å². The minimum absolute atomic E-state index is 0.170. The molecule has 5 atom stereocenters. The van der Waals surface area contributed by atoms with Gasteiger partial charge >= 0.3 is 11.9 Å². The second-order valence-corrected chi connectivity index (χ2v) is 7.24. The summed E-state index contributed by atoms with van der Waals surface area (Å²) in [6, 6.07) is 0. The molecule has 2 heterocycles. The number of aliphatic hydroxyl groups is 1. The minimum Gasteiger partial charge on any atom is -0.469 e. The van der Waals surface area contributed by atoms with Gasteiger partial charge in [0, 0.05) is 23.1 Å². The Kier molecular flexibility index (Phi) is 4.27. The van der Waals surface area contributed by atoms with Gasteiger partial charge in [0.05, 0.1) is 23.7 Å². The van der Waals surface area contributed by atoms with Crippen molar-refractivity contribution in [3.05, 3.63) is 34.8 Å². The molecule has 136 valence electrons. The molecule has 1 saturated heterocycles. The Bertz CT molecular complexity index is 741. The summed E-state index contributed by atoms with van der Waals surface area (Å²) in [5, 5.41) is 11.0. The van der Waals surface area contributed by atoms with E-state index in [4.69, 9.17) is 13.9 Å². The van der Waals surface area contributed by atoms with E-state index in [0.29, 0.717) is 22.5 Å². The number of ether oxygens (including phenoxy) is 2. The van der Waals surface area contributed by atoms with Crippen molar-refractivity contribution in [1.29, 1.82) is 0 Å². The van der Waals surface area contributed by atoms with Crippen LogP contribution >= 0.6 is 0 Å². The lowest BCUT2D eigenvalue weighted by molar-refractivity contribution is -0.152. The summed E-state index contributed by atoms with van der Waals surface area (Å²) in [5.74, 6) is -0.984. The molecule has 0 spiro atoms. The van der Waals surface area contributed by atoms with Crippen LogP contribution in [0.25, 0.3) is 0 Å². The number of hydrogen-bond donors (Lipinski definition) is 1. The number of carbonyl (C=O) groups excluding carboxylic acids is 2. The second kappa shape index (κ2) is 6.02. The van der Waals surface area contributed by atoms with Crippen LogP contribution in [0.15, 0.2) is 22.3 Å². The molecule has 3 rings (SSSR count). The summed E-state index contributed by atoms with van der Waals surface area (Å²) in [4.78, 5) is 24.5. The lowest BCUT2D eigenvalue weighted by Crippen LogP contribution is -2.36. The quantitative estimate of drug-likeness (QED) is 0.653. The molecule has 2 aliphatic rings. The summed E-state index contributed by atoms with van der Waals surface area (Å²) < 4.78 is 16.8. The zero-order valence-electron chi connectivity index (χ0n) is 15.2. The molecule has 6 heteroatoms. The van der Waals surface area contributed by atoms with E-state index in [1.54, 1.807) is 40.7 Å². The van der Waals surface area contributed by atoms with Gasteiger partial charge in [-0.05, 0) is 27.7 Å². The number of furan rings is 1. The molecule has 25 heavy (non-hydrogen) atoms. The molecule has 0 amide bonds. The molecule has 6 nitrogen and oxygen atoms in total. The molecule has 1 aliphatic heterocycles. The van der Waals surface area contributed by atoms with Crippen LogP contribution in [0.4, 0.5) is 0 Å². The Hall–Kier alpha value is -2.08. The zero-order valence-corrected chi connectivity index (χ0v) is 15.2. The fraction of sp³-hybridized carbons (Fsp3) is 0.579. The molecular weight excluding hydrogens is 324 g/mol. The van der Waals surface area contributed by atoms with Crippen LogP contribution in [0.1, 0.15) is 57.1 Å². The van der Waals surface area contributed by atoms with Gasteiger partial charge in [0.1, 0.15) is 18.0 Å². The number of fused-ring (bicyclic) bond motifs is 3. The van der Waals surface area contributed by atoms with E-state index in [1.807, 2.05) is 0 Å². The Morgan fingerprint density at radius 2 is 2.16 bits per heavy atom.